The van der Waals surface area contributed by atoms with Crippen molar-refractivity contribution in [3.05, 3.63) is 83.4 Å². The zero-order chi connectivity index (χ0) is 18.7. The van der Waals surface area contributed by atoms with Gasteiger partial charge in [-0.25, -0.2) is 17.6 Å². The van der Waals surface area contributed by atoms with Gasteiger partial charge in [-0.15, -0.1) is 0 Å². The van der Waals surface area contributed by atoms with Crippen molar-refractivity contribution in [1.82, 2.24) is 0 Å². The molecule has 0 fully saturated rings. The third-order valence-electron chi connectivity index (χ3n) is 4.36. The van der Waals surface area contributed by atoms with Gasteiger partial charge in [0.2, 0.25) is 0 Å². The zero-order valence-electron chi connectivity index (χ0n) is 14.3. The SMILES string of the molecule is CCCCc1ccc(-c2cc(F)c(-c3ccc(F)c(F)c3)c(F)c2)cc1. The molecule has 0 bridgehead atoms. The quantitative estimate of drug-likeness (QED) is 0.434. The largest absolute Gasteiger partial charge is 0.206 e. The molecule has 0 spiro atoms. The molecule has 0 saturated carbocycles. The fourth-order valence-electron chi connectivity index (χ4n) is 2.91. The van der Waals surface area contributed by atoms with Gasteiger partial charge in [-0.1, -0.05) is 43.7 Å². The number of benzene rings is 3. The van der Waals surface area contributed by atoms with Crippen LogP contribution in [0.3, 0.4) is 0 Å². The van der Waals surface area contributed by atoms with Crippen LogP contribution in [0.1, 0.15) is 25.3 Å². The molecule has 0 aliphatic rings. The lowest BCUT2D eigenvalue weighted by atomic mass is 9.97. The highest BCUT2D eigenvalue weighted by Crippen LogP contribution is 2.32. The Morgan fingerprint density at radius 3 is 1.77 bits per heavy atom. The summed E-state index contributed by atoms with van der Waals surface area (Å²) in [6.07, 6.45) is 3.16. The first kappa shape index (κ1) is 18.2. The maximum absolute atomic E-state index is 14.5. The average molecular weight is 358 g/mol. The zero-order valence-corrected chi connectivity index (χ0v) is 14.3. The van der Waals surface area contributed by atoms with Gasteiger partial charge in [0.15, 0.2) is 11.6 Å². The number of hydrogen-bond donors (Lipinski definition) is 0. The summed E-state index contributed by atoms with van der Waals surface area (Å²) in [5, 5.41) is 0. The van der Waals surface area contributed by atoms with E-state index in [-0.39, 0.29) is 11.1 Å². The van der Waals surface area contributed by atoms with E-state index < -0.39 is 23.3 Å². The number of hydrogen-bond acceptors (Lipinski definition) is 0. The highest BCUT2D eigenvalue weighted by molar-refractivity contribution is 5.72. The fraction of sp³-hybridized carbons (Fsp3) is 0.182. The summed E-state index contributed by atoms with van der Waals surface area (Å²) in [4.78, 5) is 0. The van der Waals surface area contributed by atoms with E-state index in [2.05, 4.69) is 6.92 Å². The van der Waals surface area contributed by atoms with Gasteiger partial charge in [-0.3, -0.25) is 0 Å². The minimum atomic E-state index is -1.15. The molecule has 0 atom stereocenters. The first-order valence-corrected chi connectivity index (χ1v) is 8.53. The number of aryl methyl sites for hydroxylation is 1. The van der Waals surface area contributed by atoms with Gasteiger partial charge in [0, 0.05) is 0 Å². The van der Waals surface area contributed by atoms with Crippen molar-refractivity contribution in [2.75, 3.05) is 0 Å². The van der Waals surface area contributed by atoms with Crippen LogP contribution < -0.4 is 0 Å². The molecule has 0 aliphatic heterocycles. The van der Waals surface area contributed by atoms with Crippen molar-refractivity contribution in [1.29, 1.82) is 0 Å². The lowest BCUT2D eigenvalue weighted by molar-refractivity contribution is 0.508. The summed E-state index contributed by atoms with van der Waals surface area (Å²) < 4.78 is 55.4. The monoisotopic (exact) mass is 358 g/mol. The van der Waals surface area contributed by atoms with Crippen LogP contribution in [-0.2, 0) is 6.42 Å². The second-order valence-electron chi connectivity index (χ2n) is 6.24. The molecule has 134 valence electrons. The van der Waals surface area contributed by atoms with Gasteiger partial charge in [-0.2, -0.15) is 0 Å². The topological polar surface area (TPSA) is 0 Å². The van der Waals surface area contributed by atoms with Crippen LogP contribution in [0.25, 0.3) is 22.3 Å². The lowest BCUT2D eigenvalue weighted by Crippen LogP contribution is -1.94. The molecule has 0 saturated heterocycles. The van der Waals surface area contributed by atoms with Crippen LogP contribution in [-0.4, -0.2) is 0 Å². The number of rotatable bonds is 5. The Bertz CT molecular complexity index is 891. The fourth-order valence-corrected chi connectivity index (χ4v) is 2.91. The molecular weight excluding hydrogens is 340 g/mol. The summed E-state index contributed by atoms with van der Waals surface area (Å²) in [6, 6.07) is 12.8. The van der Waals surface area contributed by atoms with E-state index in [9.17, 15) is 17.6 Å². The van der Waals surface area contributed by atoms with Crippen LogP contribution in [0.4, 0.5) is 17.6 Å². The Kier molecular flexibility index (Phi) is 5.40. The molecule has 0 N–H and O–H groups in total. The molecule has 0 nitrogen and oxygen atoms in total. The second kappa shape index (κ2) is 7.73. The molecule has 0 heterocycles. The minimum absolute atomic E-state index is 0.0413. The molecule has 3 aromatic rings. The van der Waals surface area contributed by atoms with Crippen LogP contribution in [0.5, 0.6) is 0 Å². The Morgan fingerprint density at radius 2 is 1.19 bits per heavy atom. The van der Waals surface area contributed by atoms with Gasteiger partial charge in [-0.05, 0) is 59.4 Å². The molecule has 0 unspecified atom stereocenters. The Balaban J connectivity index is 1.95. The van der Waals surface area contributed by atoms with Gasteiger partial charge < -0.3 is 0 Å². The second-order valence-corrected chi connectivity index (χ2v) is 6.24. The first-order valence-electron chi connectivity index (χ1n) is 8.53. The van der Waals surface area contributed by atoms with Crippen LogP contribution in [0.15, 0.2) is 54.6 Å². The van der Waals surface area contributed by atoms with Crippen LogP contribution in [0.2, 0.25) is 0 Å². The normalized spacial score (nSPS) is 11.0. The van der Waals surface area contributed by atoms with E-state index in [1.807, 2.05) is 24.3 Å². The summed E-state index contributed by atoms with van der Waals surface area (Å²) in [6.45, 7) is 2.12. The minimum Gasteiger partial charge on any atom is -0.206 e. The highest BCUT2D eigenvalue weighted by Gasteiger charge is 2.16. The average Bonchev–Trinajstić information content (AvgIpc) is 2.62. The molecular formula is C22H18F4. The van der Waals surface area contributed by atoms with Gasteiger partial charge in [0.05, 0.1) is 5.56 Å². The third kappa shape index (κ3) is 3.79. The summed E-state index contributed by atoms with van der Waals surface area (Å²) in [7, 11) is 0. The molecule has 0 radical (unpaired) electrons. The Hall–Kier alpha value is -2.62. The summed E-state index contributed by atoms with van der Waals surface area (Å²) in [5.74, 6) is -3.84. The van der Waals surface area contributed by atoms with Crippen molar-refractivity contribution in [2.24, 2.45) is 0 Å². The summed E-state index contributed by atoms with van der Waals surface area (Å²) >= 11 is 0. The third-order valence-corrected chi connectivity index (χ3v) is 4.36. The van der Waals surface area contributed by atoms with Crippen LogP contribution >= 0.6 is 0 Å². The lowest BCUT2D eigenvalue weighted by Gasteiger charge is -2.10. The molecule has 0 aromatic heterocycles. The van der Waals surface area contributed by atoms with Gasteiger partial charge in [0.1, 0.15) is 11.6 Å². The predicted octanol–water partition coefficient (Wildman–Crippen LogP) is 6.92. The van der Waals surface area contributed by atoms with E-state index in [0.717, 1.165) is 37.5 Å². The maximum atomic E-state index is 14.5. The van der Waals surface area contributed by atoms with Crippen molar-refractivity contribution < 1.29 is 17.6 Å². The Labute approximate surface area is 150 Å². The smallest absolute Gasteiger partial charge is 0.159 e. The van der Waals surface area contributed by atoms with Crippen molar-refractivity contribution >= 4 is 0 Å². The standard InChI is InChI=1S/C22H18F4/c1-2-3-4-14-5-7-15(8-6-14)17-12-20(25)22(21(26)13-17)16-9-10-18(23)19(24)11-16/h5-13H,2-4H2,1H3. The van der Waals surface area contributed by atoms with Crippen molar-refractivity contribution in [3.8, 4) is 22.3 Å². The van der Waals surface area contributed by atoms with E-state index in [1.54, 1.807) is 0 Å². The molecule has 3 rings (SSSR count). The number of halogens is 4. The highest BCUT2D eigenvalue weighted by atomic mass is 19.2. The predicted molar refractivity (Wildman–Crippen MR) is 95.8 cm³/mol. The van der Waals surface area contributed by atoms with Gasteiger partial charge in [0.25, 0.3) is 0 Å². The Morgan fingerprint density at radius 1 is 0.615 bits per heavy atom. The van der Waals surface area contributed by atoms with E-state index >= 15 is 0 Å². The molecule has 4 heteroatoms. The molecule has 0 aliphatic carbocycles. The molecule has 3 aromatic carbocycles. The molecule has 0 amide bonds. The number of unbranched alkanes of at least 4 members (excludes halogenated alkanes) is 1. The first-order chi connectivity index (χ1) is 12.5. The van der Waals surface area contributed by atoms with E-state index in [1.165, 1.54) is 17.7 Å². The maximum Gasteiger partial charge on any atom is 0.159 e. The van der Waals surface area contributed by atoms with E-state index in [0.29, 0.717) is 11.1 Å². The van der Waals surface area contributed by atoms with Crippen LogP contribution in [0, 0.1) is 23.3 Å². The van der Waals surface area contributed by atoms with Gasteiger partial charge >= 0.3 is 0 Å². The molecule has 26 heavy (non-hydrogen) atoms. The van der Waals surface area contributed by atoms with Crippen molar-refractivity contribution in [3.63, 3.8) is 0 Å². The van der Waals surface area contributed by atoms with Crippen molar-refractivity contribution in [2.45, 2.75) is 26.2 Å². The van der Waals surface area contributed by atoms with E-state index in [4.69, 9.17) is 0 Å². The summed E-state index contributed by atoms with van der Waals surface area (Å²) in [5.41, 5.74) is 1.86.